The lowest BCUT2D eigenvalue weighted by atomic mass is 10.2. The first-order valence-electron chi connectivity index (χ1n) is 5.08. The molecule has 0 fully saturated rings. The summed E-state index contributed by atoms with van der Waals surface area (Å²) in [6.45, 7) is 0. The van der Waals surface area contributed by atoms with Crippen LogP contribution in [0.25, 0.3) is 0 Å². The van der Waals surface area contributed by atoms with E-state index >= 15 is 0 Å². The van der Waals surface area contributed by atoms with Gasteiger partial charge in [0.1, 0.15) is 11.5 Å². The molecule has 0 amide bonds. The number of aromatic amines is 1. The number of benzene rings is 1. The maximum absolute atomic E-state index is 11.7. The lowest BCUT2D eigenvalue weighted by Gasteiger charge is -2.24. The summed E-state index contributed by atoms with van der Waals surface area (Å²) in [6.07, 6.45) is 1.61. The Hall–Kier alpha value is -2.38. The van der Waals surface area contributed by atoms with Crippen molar-refractivity contribution in [3.63, 3.8) is 0 Å². The Morgan fingerprint density at radius 2 is 2.12 bits per heavy atom. The van der Waals surface area contributed by atoms with Crippen molar-refractivity contribution in [1.82, 2.24) is 10.2 Å². The zero-order chi connectivity index (χ0) is 11.7. The van der Waals surface area contributed by atoms with Gasteiger partial charge >= 0.3 is 0 Å². The van der Waals surface area contributed by atoms with Crippen molar-refractivity contribution in [3.8, 4) is 0 Å². The van der Waals surface area contributed by atoms with Crippen LogP contribution >= 0.6 is 0 Å². The van der Waals surface area contributed by atoms with Gasteiger partial charge in [-0.3, -0.25) is 5.10 Å². The molecule has 4 N–H and O–H groups in total. The molecule has 0 spiro atoms. The highest BCUT2D eigenvalue weighted by molar-refractivity contribution is 6.04. The van der Waals surface area contributed by atoms with Gasteiger partial charge in [-0.2, -0.15) is 5.10 Å². The van der Waals surface area contributed by atoms with Crippen LogP contribution in [0.15, 0.2) is 41.6 Å². The Bertz CT molecular complexity index is 550. The maximum Gasteiger partial charge on any atom is 0.261 e. The zero-order valence-corrected chi connectivity index (χ0v) is 8.77. The molecule has 1 aliphatic heterocycles. The van der Waals surface area contributed by atoms with Gasteiger partial charge in [-0.1, -0.05) is 12.1 Å². The molecule has 7 heteroatoms. The van der Waals surface area contributed by atoms with E-state index in [-0.39, 0.29) is 5.17 Å². The van der Waals surface area contributed by atoms with Gasteiger partial charge in [-0.25, -0.2) is 5.17 Å². The molecule has 1 aliphatic rings. The number of para-hydroxylation sites is 1. The SMILES string of the molecule is [O-][NH+]1N=C(Nc2ccn[nH]2)Nc2ccccc21. The van der Waals surface area contributed by atoms with Crippen molar-refractivity contribution in [2.45, 2.75) is 0 Å². The molecule has 7 nitrogen and oxygen atoms in total. The van der Waals surface area contributed by atoms with Crippen molar-refractivity contribution in [2.75, 3.05) is 10.6 Å². The van der Waals surface area contributed by atoms with Crippen molar-refractivity contribution in [2.24, 2.45) is 5.10 Å². The highest BCUT2D eigenvalue weighted by atomic mass is 16.5. The summed E-state index contributed by atoms with van der Waals surface area (Å²) in [5.41, 5.74) is 1.32. The largest absolute Gasteiger partial charge is 0.601 e. The quantitative estimate of drug-likeness (QED) is 0.528. The van der Waals surface area contributed by atoms with Gasteiger partial charge in [0.05, 0.1) is 6.20 Å². The Kier molecular flexibility index (Phi) is 2.25. The van der Waals surface area contributed by atoms with Crippen LogP contribution in [0.3, 0.4) is 0 Å². The summed E-state index contributed by atoms with van der Waals surface area (Å²) < 4.78 is 0. The fourth-order valence-corrected chi connectivity index (χ4v) is 1.61. The van der Waals surface area contributed by atoms with Gasteiger partial charge < -0.3 is 15.8 Å². The van der Waals surface area contributed by atoms with Crippen molar-refractivity contribution in [3.05, 3.63) is 41.7 Å². The number of guanidine groups is 1. The molecule has 0 saturated carbocycles. The molecular weight excluding hydrogens is 220 g/mol. The van der Waals surface area contributed by atoms with E-state index in [1.165, 1.54) is 0 Å². The fourth-order valence-electron chi connectivity index (χ4n) is 1.61. The predicted octanol–water partition coefficient (Wildman–Crippen LogP) is 0.232. The lowest BCUT2D eigenvalue weighted by molar-refractivity contribution is -0.783. The Balaban J connectivity index is 1.86. The summed E-state index contributed by atoms with van der Waals surface area (Å²) in [7, 11) is 0. The zero-order valence-electron chi connectivity index (χ0n) is 8.77. The molecule has 0 radical (unpaired) electrons. The number of H-pyrrole nitrogens is 1. The molecule has 1 unspecified atom stereocenters. The van der Waals surface area contributed by atoms with E-state index in [1.807, 2.05) is 12.1 Å². The fraction of sp³-hybridized carbons (Fsp3) is 0. The van der Waals surface area contributed by atoms with Crippen LogP contribution in [0.2, 0.25) is 0 Å². The van der Waals surface area contributed by atoms with Gasteiger partial charge in [0, 0.05) is 12.1 Å². The van der Waals surface area contributed by atoms with E-state index in [4.69, 9.17) is 0 Å². The van der Waals surface area contributed by atoms with Crippen LogP contribution in [0, 0.1) is 5.21 Å². The summed E-state index contributed by atoms with van der Waals surface area (Å²) >= 11 is 0. The minimum Gasteiger partial charge on any atom is -0.601 e. The van der Waals surface area contributed by atoms with E-state index in [0.29, 0.717) is 17.5 Å². The monoisotopic (exact) mass is 230 g/mol. The van der Waals surface area contributed by atoms with Gasteiger partial charge in [0.15, 0.2) is 5.69 Å². The van der Waals surface area contributed by atoms with Crippen LogP contribution < -0.4 is 15.8 Å². The number of rotatable bonds is 1. The molecule has 0 saturated heterocycles. The summed E-state index contributed by atoms with van der Waals surface area (Å²) in [4.78, 5) is 0. The molecular formula is C10H10N6O. The van der Waals surface area contributed by atoms with Crippen LogP contribution in [-0.2, 0) is 0 Å². The minimum absolute atomic E-state index is 0.263. The van der Waals surface area contributed by atoms with Gasteiger partial charge in [0.2, 0.25) is 0 Å². The Morgan fingerprint density at radius 3 is 2.94 bits per heavy atom. The molecule has 0 aliphatic carbocycles. The summed E-state index contributed by atoms with van der Waals surface area (Å²) in [5.74, 6) is 1.06. The molecule has 17 heavy (non-hydrogen) atoms. The second-order valence-corrected chi connectivity index (χ2v) is 3.53. The van der Waals surface area contributed by atoms with E-state index in [1.54, 1.807) is 24.4 Å². The molecule has 0 bridgehead atoms. The average molecular weight is 230 g/mol. The van der Waals surface area contributed by atoms with Crippen LogP contribution in [-0.4, -0.2) is 16.2 Å². The van der Waals surface area contributed by atoms with E-state index < -0.39 is 0 Å². The number of aromatic nitrogens is 2. The molecule has 86 valence electrons. The number of anilines is 2. The first-order chi connectivity index (χ1) is 8.33. The Morgan fingerprint density at radius 1 is 1.24 bits per heavy atom. The van der Waals surface area contributed by atoms with E-state index in [2.05, 4.69) is 25.9 Å². The molecule has 1 aromatic carbocycles. The normalized spacial score (nSPS) is 17.9. The maximum atomic E-state index is 11.7. The molecule has 1 atom stereocenters. The highest BCUT2D eigenvalue weighted by Gasteiger charge is 2.18. The third-order valence-electron chi connectivity index (χ3n) is 2.38. The number of hydrogen-bond acceptors (Lipinski definition) is 5. The van der Waals surface area contributed by atoms with Gasteiger partial charge in [0.25, 0.3) is 5.96 Å². The number of quaternary nitrogens is 1. The lowest BCUT2D eigenvalue weighted by Crippen LogP contribution is -2.98. The number of nitrogens with zero attached hydrogens (tertiary/aromatic N) is 2. The first kappa shape index (κ1) is 9.82. The second kappa shape index (κ2) is 3.89. The smallest absolute Gasteiger partial charge is 0.261 e. The minimum atomic E-state index is -0.263. The number of hydrogen-bond donors (Lipinski definition) is 4. The number of fused-ring (bicyclic) bond motifs is 1. The van der Waals surface area contributed by atoms with Crippen molar-refractivity contribution >= 4 is 23.2 Å². The first-order valence-corrected chi connectivity index (χ1v) is 5.08. The van der Waals surface area contributed by atoms with Gasteiger partial charge in [-0.05, 0) is 11.2 Å². The number of nitrogens with one attached hydrogen (secondary N) is 4. The molecule has 2 aromatic rings. The summed E-state index contributed by atoms with van der Waals surface area (Å²) in [6, 6.07) is 8.98. The second-order valence-electron chi connectivity index (χ2n) is 3.53. The molecule has 3 rings (SSSR count). The van der Waals surface area contributed by atoms with Gasteiger partial charge in [-0.15, -0.1) is 0 Å². The highest BCUT2D eigenvalue weighted by Crippen LogP contribution is 2.19. The van der Waals surface area contributed by atoms with Crippen LogP contribution in [0.1, 0.15) is 0 Å². The van der Waals surface area contributed by atoms with Crippen LogP contribution in [0.5, 0.6) is 0 Å². The van der Waals surface area contributed by atoms with Crippen LogP contribution in [0.4, 0.5) is 17.2 Å². The van der Waals surface area contributed by atoms with Crippen molar-refractivity contribution in [1.29, 1.82) is 0 Å². The molecule has 1 aromatic heterocycles. The van der Waals surface area contributed by atoms with Crippen molar-refractivity contribution < 1.29 is 5.17 Å². The third-order valence-corrected chi connectivity index (χ3v) is 2.38. The Labute approximate surface area is 96.7 Å². The standard InChI is InChI=1S/C10H10N6O/c17-16-8-4-2-1-3-7(8)12-10(15-16)13-9-5-6-11-14-9/h1-6,16H,(H3,11,12,13,14,15). The van der Waals surface area contributed by atoms with E-state index in [0.717, 1.165) is 5.69 Å². The summed E-state index contributed by atoms with van der Waals surface area (Å²) in [5, 5.41) is 27.9. The molecule has 2 heterocycles. The topological polar surface area (TPSA) is 92.6 Å². The average Bonchev–Trinajstić information content (AvgIpc) is 2.82. The predicted molar refractivity (Wildman–Crippen MR) is 63.7 cm³/mol. The van der Waals surface area contributed by atoms with E-state index in [9.17, 15) is 5.21 Å². The third kappa shape index (κ3) is 1.84.